The maximum Gasteiger partial charge on any atom is 0.238 e. The van der Waals surface area contributed by atoms with Crippen LogP contribution >= 0.6 is 11.6 Å². The molecular formula is C18H22ClN3O3S. The summed E-state index contributed by atoms with van der Waals surface area (Å²) in [4.78, 5) is 14.0. The molecule has 0 aromatic heterocycles. The number of benzene rings is 2. The molecule has 8 heteroatoms. The Morgan fingerprint density at radius 2 is 1.81 bits per heavy atom. The summed E-state index contributed by atoms with van der Waals surface area (Å²) in [5.74, 6) is -0.0827. The third-order valence-electron chi connectivity index (χ3n) is 3.80. The summed E-state index contributed by atoms with van der Waals surface area (Å²) < 4.78 is 22.4. The van der Waals surface area contributed by atoms with Crippen molar-refractivity contribution in [1.29, 1.82) is 0 Å². The molecule has 0 bridgehead atoms. The zero-order chi connectivity index (χ0) is 19.2. The van der Waals surface area contributed by atoms with Crippen LogP contribution in [-0.4, -0.2) is 39.4 Å². The molecule has 2 aromatic carbocycles. The summed E-state index contributed by atoms with van der Waals surface area (Å²) in [6.45, 7) is 1.31. The topological polar surface area (TPSA) is 92.5 Å². The minimum absolute atomic E-state index is 0.0754. The highest BCUT2D eigenvalue weighted by molar-refractivity contribution is 7.89. The van der Waals surface area contributed by atoms with Crippen LogP contribution in [0.15, 0.2) is 53.4 Å². The van der Waals surface area contributed by atoms with E-state index in [1.54, 1.807) is 12.1 Å². The van der Waals surface area contributed by atoms with Crippen LogP contribution in [0.3, 0.4) is 0 Å². The number of sulfonamides is 1. The molecular weight excluding hydrogens is 374 g/mol. The number of amides is 1. The third-order valence-corrected chi connectivity index (χ3v) is 5.10. The molecule has 2 aromatic rings. The fourth-order valence-electron chi connectivity index (χ4n) is 2.47. The second-order valence-corrected chi connectivity index (χ2v) is 8.02. The SMILES string of the molecule is CN(CC(=O)NCCc1ccc(S(N)(=O)=O)cc1)Cc1ccccc1Cl. The van der Waals surface area contributed by atoms with Gasteiger partial charge in [-0.05, 0) is 42.8 Å². The quantitative estimate of drug-likeness (QED) is 0.712. The van der Waals surface area contributed by atoms with Gasteiger partial charge in [-0.1, -0.05) is 41.9 Å². The van der Waals surface area contributed by atoms with Gasteiger partial charge in [-0.25, -0.2) is 13.6 Å². The molecule has 0 unspecified atom stereocenters. The zero-order valence-corrected chi connectivity index (χ0v) is 16.1. The summed E-state index contributed by atoms with van der Waals surface area (Å²) in [5, 5.41) is 8.59. The summed E-state index contributed by atoms with van der Waals surface area (Å²) in [6.07, 6.45) is 0.602. The fraction of sp³-hybridized carbons (Fsp3) is 0.278. The van der Waals surface area contributed by atoms with Crippen molar-refractivity contribution in [1.82, 2.24) is 10.2 Å². The molecule has 0 aliphatic rings. The number of hydrogen-bond acceptors (Lipinski definition) is 4. The lowest BCUT2D eigenvalue weighted by atomic mass is 10.1. The Balaban J connectivity index is 1.75. The van der Waals surface area contributed by atoms with Gasteiger partial charge in [-0.15, -0.1) is 0 Å². The minimum atomic E-state index is -3.68. The molecule has 0 fully saturated rings. The van der Waals surface area contributed by atoms with E-state index < -0.39 is 10.0 Å². The van der Waals surface area contributed by atoms with Gasteiger partial charge in [0.25, 0.3) is 0 Å². The van der Waals surface area contributed by atoms with Crippen LogP contribution in [0.1, 0.15) is 11.1 Å². The Labute approximate surface area is 159 Å². The van der Waals surface area contributed by atoms with E-state index in [0.29, 0.717) is 24.5 Å². The Morgan fingerprint density at radius 1 is 1.15 bits per heavy atom. The first-order chi connectivity index (χ1) is 12.3. The number of hydrogen-bond donors (Lipinski definition) is 2. The lowest BCUT2D eigenvalue weighted by Crippen LogP contribution is -2.35. The van der Waals surface area contributed by atoms with Crippen molar-refractivity contribution in [2.24, 2.45) is 5.14 Å². The fourth-order valence-corrected chi connectivity index (χ4v) is 3.18. The molecule has 6 nitrogen and oxygen atoms in total. The van der Waals surface area contributed by atoms with Crippen molar-refractivity contribution in [3.63, 3.8) is 0 Å². The first kappa shape index (κ1) is 20.4. The smallest absolute Gasteiger partial charge is 0.238 e. The molecule has 0 radical (unpaired) electrons. The van der Waals surface area contributed by atoms with E-state index in [4.69, 9.17) is 16.7 Å². The van der Waals surface area contributed by atoms with Gasteiger partial charge in [0, 0.05) is 18.1 Å². The van der Waals surface area contributed by atoms with Crippen LogP contribution in [0.4, 0.5) is 0 Å². The molecule has 140 valence electrons. The van der Waals surface area contributed by atoms with Gasteiger partial charge in [0.2, 0.25) is 15.9 Å². The second kappa shape index (κ2) is 9.14. The maximum atomic E-state index is 12.0. The van der Waals surface area contributed by atoms with Gasteiger partial charge >= 0.3 is 0 Å². The van der Waals surface area contributed by atoms with Gasteiger partial charge in [0.15, 0.2) is 0 Å². The molecule has 0 saturated heterocycles. The van der Waals surface area contributed by atoms with Crippen molar-refractivity contribution < 1.29 is 13.2 Å². The molecule has 0 heterocycles. The molecule has 0 saturated carbocycles. The Hall–Kier alpha value is -1.93. The van der Waals surface area contributed by atoms with E-state index in [9.17, 15) is 13.2 Å². The number of nitrogens with two attached hydrogens (primary N) is 1. The second-order valence-electron chi connectivity index (χ2n) is 6.05. The highest BCUT2D eigenvalue weighted by atomic mass is 35.5. The third kappa shape index (κ3) is 6.42. The minimum Gasteiger partial charge on any atom is -0.355 e. The number of nitrogens with one attached hydrogen (secondary N) is 1. The van der Waals surface area contributed by atoms with E-state index >= 15 is 0 Å². The predicted octanol–water partition coefficient (Wildman–Crippen LogP) is 1.78. The normalized spacial score (nSPS) is 11.5. The number of carbonyl (C=O) groups is 1. The predicted molar refractivity (Wildman–Crippen MR) is 102 cm³/mol. The molecule has 3 N–H and O–H groups in total. The van der Waals surface area contributed by atoms with Gasteiger partial charge in [0.05, 0.1) is 11.4 Å². The van der Waals surface area contributed by atoms with Crippen molar-refractivity contribution in [3.8, 4) is 0 Å². The van der Waals surface area contributed by atoms with Crippen LogP contribution in [0.25, 0.3) is 0 Å². The Kier molecular flexibility index (Phi) is 7.16. The standard InChI is InChI=1S/C18H22ClN3O3S/c1-22(12-15-4-2-3-5-17(15)19)13-18(23)21-11-10-14-6-8-16(9-7-14)26(20,24)25/h2-9H,10-13H2,1H3,(H,21,23)(H2,20,24,25). The van der Waals surface area contributed by atoms with E-state index in [1.807, 2.05) is 36.2 Å². The molecule has 0 aliphatic heterocycles. The Morgan fingerprint density at radius 3 is 2.42 bits per heavy atom. The van der Waals surface area contributed by atoms with Gasteiger partial charge in [0.1, 0.15) is 0 Å². The van der Waals surface area contributed by atoms with Crippen LogP contribution in [-0.2, 0) is 27.8 Å². The van der Waals surface area contributed by atoms with Crippen LogP contribution in [0.5, 0.6) is 0 Å². The van der Waals surface area contributed by atoms with E-state index in [0.717, 1.165) is 11.1 Å². The first-order valence-electron chi connectivity index (χ1n) is 8.06. The summed E-state index contributed by atoms with van der Waals surface area (Å²) in [6, 6.07) is 13.8. The zero-order valence-electron chi connectivity index (χ0n) is 14.5. The van der Waals surface area contributed by atoms with Crippen molar-refractivity contribution in [2.75, 3.05) is 20.1 Å². The van der Waals surface area contributed by atoms with E-state index in [2.05, 4.69) is 5.32 Å². The molecule has 0 atom stereocenters. The van der Waals surface area contributed by atoms with Crippen molar-refractivity contribution in [3.05, 3.63) is 64.7 Å². The number of carbonyl (C=O) groups excluding carboxylic acids is 1. The van der Waals surface area contributed by atoms with Crippen LogP contribution in [0, 0.1) is 0 Å². The van der Waals surface area contributed by atoms with Gasteiger partial charge in [-0.3, -0.25) is 9.69 Å². The molecule has 1 amide bonds. The monoisotopic (exact) mass is 395 g/mol. The largest absolute Gasteiger partial charge is 0.355 e. The van der Waals surface area contributed by atoms with Crippen molar-refractivity contribution >= 4 is 27.5 Å². The average molecular weight is 396 g/mol. The Bertz CT molecular complexity index is 854. The maximum absolute atomic E-state index is 12.0. The molecule has 0 spiro atoms. The number of likely N-dealkylation sites (N-methyl/N-ethyl adjacent to an activating group) is 1. The van der Waals surface area contributed by atoms with E-state index in [1.165, 1.54) is 12.1 Å². The van der Waals surface area contributed by atoms with Crippen LogP contribution in [0.2, 0.25) is 5.02 Å². The lowest BCUT2D eigenvalue weighted by Gasteiger charge is -2.17. The highest BCUT2D eigenvalue weighted by Crippen LogP contribution is 2.16. The lowest BCUT2D eigenvalue weighted by molar-refractivity contribution is -0.122. The molecule has 0 aliphatic carbocycles. The summed E-state index contributed by atoms with van der Waals surface area (Å²) in [7, 11) is -1.82. The number of rotatable bonds is 8. The van der Waals surface area contributed by atoms with Gasteiger partial charge in [-0.2, -0.15) is 0 Å². The number of primary sulfonamides is 1. The summed E-state index contributed by atoms with van der Waals surface area (Å²) in [5.41, 5.74) is 1.89. The van der Waals surface area contributed by atoms with Gasteiger partial charge < -0.3 is 5.32 Å². The first-order valence-corrected chi connectivity index (χ1v) is 9.98. The average Bonchev–Trinajstić information content (AvgIpc) is 2.56. The van der Waals surface area contributed by atoms with E-state index in [-0.39, 0.29) is 17.3 Å². The highest BCUT2D eigenvalue weighted by Gasteiger charge is 2.09. The number of nitrogens with zero attached hydrogens (tertiary/aromatic N) is 1. The molecule has 26 heavy (non-hydrogen) atoms. The van der Waals surface area contributed by atoms with Crippen LogP contribution < -0.4 is 10.5 Å². The molecule has 2 rings (SSSR count). The van der Waals surface area contributed by atoms with Crippen molar-refractivity contribution in [2.45, 2.75) is 17.9 Å². The number of halogens is 1. The summed E-state index contributed by atoms with van der Waals surface area (Å²) >= 11 is 6.12.